The van der Waals surface area contributed by atoms with Crippen molar-refractivity contribution in [2.24, 2.45) is 5.92 Å². The zero-order chi connectivity index (χ0) is 13.8. The Morgan fingerprint density at radius 3 is 2.53 bits per heavy atom. The highest BCUT2D eigenvalue weighted by molar-refractivity contribution is 5.90. The minimum atomic E-state index is -0.580. The van der Waals surface area contributed by atoms with Crippen LogP contribution in [-0.2, 0) is 4.79 Å². The predicted molar refractivity (Wildman–Crippen MR) is 75.9 cm³/mol. The molecule has 1 unspecified atom stereocenters. The standard InChI is InChI=1S/C17H21NO/c1-12-8-9-15(13(2)10-12)16(11-18)17(19)14-6-4-3-5-7-14/h8-10,14,16H,3-7H2,1-2H3. The molecule has 0 amide bonds. The van der Waals surface area contributed by atoms with E-state index in [0.717, 1.165) is 36.8 Å². The molecule has 0 aliphatic heterocycles. The first-order valence-corrected chi connectivity index (χ1v) is 7.14. The Morgan fingerprint density at radius 1 is 1.26 bits per heavy atom. The maximum absolute atomic E-state index is 12.5. The van der Waals surface area contributed by atoms with Gasteiger partial charge in [-0.1, -0.05) is 43.0 Å². The molecule has 0 spiro atoms. The van der Waals surface area contributed by atoms with E-state index in [1.54, 1.807) is 0 Å². The van der Waals surface area contributed by atoms with Crippen LogP contribution < -0.4 is 0 Å². The van der Waals surface area contributed by atoms with E-state index < -0.39 is 5.92 Å². The Kier molecular flexibility index (Phi) is 4.37. The van der Waals surface area contributed by atoms with Gasteiger partial charge in [0.15, 0.2) is 5.78 Å². The van der Waals surface area contributed by atoms with Gasteiger partial charge in [0.2, 0.25) is 0 Å². The van der Waals surface area contributed by atoms with E-state index in [1.807, 2.05) is 32.0 Å². The van der Waals surface area contributed by atoms with E-state index in [9.17, 15) is 10.1 Å². The molecule has 2 rings (SSSR count). The van der Waals surface area contributed by atoms with Crippen molar-refractivity contribution in [3.8, 4) is 6.07 Å². The van der Waals surface area contributed by atoms with Crippen molar-refractivity contribution in [1.82, 2.24) is 0 Å². The summed E-state index contributed by atoms with van der Waals surface area (Å²) >= 11 is 0. The Hall–Kier alpha value is -1.62. The normalized spacial score (nSPS) is 17.7. The fraction of sp³-hybridized carbons (Fsp3) is 0.529. The molecule has 0 saturated heterocycles. The zero-order valence-electron chi connectivity index (χ0n) is 11.8. The number of hydrogen-bond donors (Lipinski definition) is 0. The van der Waals surface area contributed by atoms with Crippen LogP contribution in [0.25, 0.3) is 0 Å². The third-order valence-corrected chi connectivity index (χ3v) is 4.16. The predicted octanol–water partition coefficient (Wildman–Crippen LogP) is 4.06. The van der Waals surface area contributed by atoms with Gasteiger partial charge < -0.3 is 0 Å². The summed E-state index contributed by atoms with van der Waals surface area (Å²) in [5.74, 6) is -0.350. The molecule has 2 nitrogen and oxygen atoms in total. The van der Waals surface area contributed by atoms with Gasteiger partial charge in [0.1, 0.15) is 5.92 Å². The van der Waals surface area contributed by atoms with Crippen molar-refractivity contribution in [2.45, 2.75) is 51.9 Å². The number of nitrogens with zero attached hydrogens (tertiary/aromatic N) is 1. The van der Waals surface area contributed by atoms with Crippen LogP contribution in [0, 0.1) is 31.1 Å². The number of rotatable bonds is 3. The fourth-order valence-corrected chi connectivity index (χ4v) is 3.06. The molecule has 0 aromatic heterocycles. The minimum absolute atomic E-state index is 0.0964. The number of carbonyl (C=O) groups excluding carboxylic acids is 1. The second-order valence-corrected chi connectivity index (χ2v) is 5.66. The summed E-state index contributed by atoms with van der Waals surface area (Å²) in [5, 5.41) is 9.40. The first-order valence-electron chi connectivity index (χ1n) is 7.14. The summed E-state index contributed by atoms with van der Waals surface area (Å²) in [6.45, 7) is 4.02. The van der Waals surface area contributed by atoms with Crippen molar-refractivity contribution in [3.63, 3.8) is 0 Å². The van der Waals surface area contributed by atoms with Crippen LogP contribution in [0.2, 0.25) is 0 Å². The molecule has 0 heterocycles. The topological polar surface area (TPSA) is 40.9 Å². The van der Waals surface area contributed by atoms with Gasteiger partial charge in [-0.15, -0.1) is 0 Å². The lowest BCUT2D eigenvalue weighted by atomic mass is 9.79. The van der Waals surface area contributed by atoms with Crippen molar-refractivity contribution in [1.29, 1.82) is 5.26 Å². The summed E-state index contributed by atoms with van der Waals surface area (Å²) in [5.41, 5.74) is 3.11. The first-order chi connectivity index (χ1) is 9.13. The van der Waals surface area contributed by atoms with E-state index in [0.29, 0.717) is 0 Å². The molecule has 1 atom stereocenters. The highest BCUT2D eigenvalue weighted by Gasteiger charge is 2.29. The van der Waals surface area contributed by atoms with Gasteiger partial charge in [0.25, 0.3) is 0 Å². The average Bonchev–Trinajstić information content (AvgIpc) is 2.42. The monoisotopic (exact) mass is 255 g/mol. The van der Waals surface area contributed by atoms with Crippen molar-refractivity contribution in [3.05, 3.63) is 34.9 Å². The molecule has 2 heteroatoms. The second-order valence-electron chi connectivity index (χ2n) is 5.66. The number of Topliss-reactive ketones (excluding diaryl/α,β-unsaturated/α-hetero) is 1. The molecule has 0 radical (unpaired) electrons. The first kappa shape index (κ1) is 13.8. The van der Waals surface area contributed by atoms with E-state index in [4.69, 9.17) is 0 Å². The van der Waals surface area contributed by atoms with E-state index in [-0.39, 0.29) is 11.7 Å². The Labute approximate surface area is 115 Å². The van der Waals surface area contributed by atoms with Gasteiger partial charge >= 0.3 is 0 Å². The van der Waals surface area contributed by atoms with Gasteiger partial charge in [0, 0.05) is 5.92 Å². The van der Waals surface area contributed by atoms with E-state index in [1.165, 1.54) is 12.0 Å². The molecule has 1 saturated carbocycles. The summed E-state index contributed by atoms with van der Waals surface area (Å²) < 4.78 is 0. The van der Waals surface area contributed by atoms with Gasteiger partial charge in [-0.2, -0.15) is 5.26 Å². The fourth-order valence-electron chi connectivity index (χ4n) is 3.06. The van der Waals surface area contributed by atoms with Gasteiger partial charge in [0.05, 0.1) is 6.07 Å². The number of aryl methyl sites for hydroxylation is 2. The molecule has 100 valence electrons. The zero-order valence-corrected chi connectivity index (χ0v) is 11.8. The quantitative estimate of drug-likeness (QED) is 0.817. The highest BCUT2D eigenvalue weighted by Crippen LogP contribution is 2.31. The molecule has 1 aromatic rings. The summed E-state index contributed by atoms with van der Waals surface area (Å²) in [6.07, 6.45) is 5.40. The molecule has 0 N–H and O–H groups in total. The van der Waals surface area contributed by atoms with Crippen LogP contribution in [0.15, 0.2) is 18.2 Å². The summed E-state index contributed by atoms with van der Waals surface area (Å²) in [4.78, 5) is 12.5. The van der Waals surface area contributed by atoms with Gasteiger partial charge in [-0.3, -0.25) is 4.79 Å². The summed E-state index contributed by atoms with van der Waals surface area (Å²) in [6, 6.07) is 8.21. The van der Waals surface area contributed by atoms with Crippen LogP contribution in [0.3, 0.4) is 0 Å². The lowest BCUT2D eigenvalue weighted by molar-refractivity contribution is -0.124. The van der Waals surface area contributed by atoms with Crippen LogP contribution >= 0.6 is 0 Å². The lowest BCUT2D eigenvalue weighted by Gasteiger charge is -2.23. The maximum atomic E-state index is 12.5. The van der Waals surface area contributed by atoms with Crippen LogP contribution in [-0.4, -0.2) is 5.78 Å². The van der Waals surface area contributed by atoms with Crippen LogP contribution in [0.5, 0.6) is 0 Å². The van der Waals surface area contributed by atoms with Crippen LogP contribution in [0.1, 0.15) is 54.7 Å². The number of benzene rings is 1. The second kappa shape index (κ2) is 6.02. The van der Waals surface area contributed by atoms with Crippen molar-refractivity contribution < 1.29 is 4.79 Å². The Bertz CT molecular complexity index is 506. The Balaban J connectivity index is 2.24. The molecule has 1 aliphatic rings. The van der Waals surface area contributed by atoms with Gasteiger partial charge in [-0.05, 0) is 37.8 Å². The smallest absolute Gasteiger partial charge is 0.157 e. The number of carbonyl (C=O) groups is 1. The Morgan fingerprint density at radius 2 is 1.95 bits per heavy atom. The third kappa shape index (κ3) is 3.04. The molecule has 1 aliphatic carbocycles. The van der Waals surface area contributed by atoms with Crippen molar-refractivity contribution >= 4 is 5.78 Å². The number of hydrogen-bond acceptors (Lipinski definition) is 2. The van der Waals surface area contributed by atoms with E-state index in [2.05, 4.69) is 6.07 Å². The average molecular weight is 255 g/mol. The molecule has 19 heavy (non-hydrogen) atoms. The van der Waals surface area contributed by atoms with Crippen molar-refractivity contribution in [2.75, 3.05) is 0 Å². The largest absolute Gasteiger partial charge is 0.298 e. The molecular weight excluding hydrogens is 234 g/mol. The maximum Gasteiger partial charge on any atom is 0.157 e. The molecule has 0 bridgehead atoms. The lowest BCUT2D eigenvalue weighted by Crippen LogP contribution is -2.24. The highest BCUT2D eigenvalue weighted by atomic mass is 16.1. The minimum Gasteiger partial charge on any atom is -0.298 e. The molecule has 1 fully saturated rings. The van der Waals surface area contributed by atoms with Crippen LogP contribution in [0.4, 0.5) is 0 Å². The summed E-state index contributed by atoms with van der Waals surface area (Å²) in [7, 11) is 0. The SMILES string of the molecule is Cc1ccc(C(C#N)C(=O)C2CCCCC2)c(C)c1. The van der Waals surface area contributed by atoms with E-state index >= 15 is 0 Å². The molecular formula is C17H21NO. The molecule has 1 aromatic carbocycles. The van der Waals surface area contributed by atoms with Gasteiger partial charge in [-0.25, -0.2) is 0 Å². The number of ketones is 1. The number of nitriles is 1. The third-order valence-electron chi connectivity index (χ3n) is 4.16.